The van der Waals surface area contributed by atoms with E-state index in [-0.39, 0.29) is 24.1 Å². The Morgan fingerprint density at radius 2 is 1.78 bits per heavy atom. The number of hydrogen-bond donors (Lipinski definition) is 0. The molecule has 2 heterocycles. The largest absolute Gasteiger partial charge is 0.492 e. The van der Waals surface area contributed by atoms with E-state index in [0.717, 1.165) is 16.7 Å². The number of nitro benzene ring substituents is 1. The molecule has 1 aliphatic heterocycles. The first-order valence-electron chi connectivity index (χ1n) is 9.48. The summed E-state index contributed by atoms with van der Waals surface area (Å²) in [5.74, 6) is 0.203. The molecule has 0 saturated carbocycles. The molecule has 32 heavy (non-hydrogen) atoms. The molecule has 0 unspecified atom stereocenters. The second-order valence-electron chi connectivity index (χ2n) is 6.71. The number of nitro groups is 1. The van der Waals surface area contributed by atoms with Crippen LogP contribution in [-0.2, 0) is 4.79 Å². The third-order valence-corrected chi connectivity index (χ3v) is 5.83. The molecule has 0 aliphatic carbocycles. The van der Waals surface area contributed by atoms with Crippen molar-refractivity contribution >= 4 is 46.3 Å². The van der Waals surface area contributed by atoms with Gasteiger partial charge in [0.05, 0.1) is 16.4 Å². The Hall–Kier alpha value is -3.56. The number of carbonyl (C=O) groups excluding carboxylic acids is 2. The first-order valence-corrected chi connectivity index (χ1v) is 10.7. The second kappa shape index (κ2) is 9.29. The van der Waals surface area contributed by atoms with E-state index in [1.807, 2.05) is 0 Å². The van der Waals surface area contributed by atoms with Crippen molar-refractivity contribution < 1.29 is 19.2 Å². The highest BCUT2D eigenvalue weighted by atomic mass is 35.5. The van der Waals surface area contributed by atoms with Gasteiger partial charge in [0.15, 0.2) is 0 Å². The molecule has 1 aliphatic rings. The van der Waals surface area contributed by atoms with Crippen LogP contribution >= 0.6 is 23.4 Å². The zero-order chi connectivity index (χ0) is 22.7. The third-order valence-electron chi connectivity index (χ3n) is 4.67. The minimum Gasteiger partial charge on any atom is -0.492 e. The SMILES string of the molecule is O=C1S/C(=C\c2cccn2-c2ccc([N+](=O)[O-])cc2)C(=O)N1CCOc1ccc(Cl)cc1. The molecule has 10 heteroatoms. The van der Waals surface area contributed by atoms with Crippen LogP contribution in [0.25, 0.3) is 11.8 Å². The first-order chi connectivity index (χ1) is 15.4. The van der Waals surface area contributed by atoms with Crippen LogP contribution in [0.15, 0.2) is 71.8 Å². The summed E-state index contributed by atoms with van der Waals surface area (Å²) in [5, 5.41) is 11.1. The van der Waals surface area contributed by atoms with Crippen molar-refractivity contribution in [3.63, 3.8) is 0 Å². The smallest absolute Gasteiger partial charge is 0.293 e. The van der Waals surface area contributed by atoms with Gasteiger partial charge in [-0.05, 0) is 66.4 Å². The summed E-state index contributed by atoms with van der Waals surface area (Å²) >= 11 is 6.70. The zero-order valence-corrected chi connectivity index (χ0v) is 18.1. The standard InChI is InChI=1S/C22H16ClN3O5S/c23-15-3-9-19(10-4-15)31-13-12-25-21(27)20(32-22(25)28)14-18-2-1-11-24(18)16-5-7-17(8-6-16)26(29)30/h1-11,14H,12-13H2/b20-14-. The molecule has 2 amide bonds. The topological polar surface area (TPSA) is 94.7 Å². The number of non-ortho nitro benzene ring substituents is 1. The Labute approximate surface area is 192 Å². The maximum absolute atomic E-state index is 12.8. The molecule has 1 aromatic heterocycles. The van der Waals surface area contributed by atoms with Gasteiger partial charge in [-0.15, -0.1) is 0 Å². The lowest BCUT2D eigenvalue weighted by Crippen LogP contribution is -2.32. The summed E-state index contributed by atoms with van der Waals surface area (Å²) in [6, 6.07) is 16.5. The number of hydrogen-bond acceptors (Lipinski definition) is 6. The lowest BCUT2D eigenvalue weighted by molar-refractivity contribution is -0.384. The fraction of sp³-hybridized carbons (Fsp3) is 0.0909. The van der Waals surface area contributed by atoms with Crippen LogP contribution in [-0.4, -0.2) is 38.7 Å². The Kier molecular flexibility index (Phi) is 6.29. The molecule has 1 saturated heterocycles. The maximum atomic E-state index is 12.8. The van der Waals surface area contributed by atoms with Crippen LogP contribution in [0, 0.1) is 10.1 Å². The number of benzene rings is 2. The Bertz CT molecular complexity index is 1210. The quantitative estimate of drug-likeness (QED) is 0.269. The molecule has 0 radical (unpaired) electrons. The number of halogens is 1. The highest BCUT2D eigenvalue weighted by molar-refractivity contribution is 8.18. The highest BCUT2D eigenvalue weighted by Crippen LogP contribution is 2.32. The zero-order valence-electron chi connectivity index (χ0n) is 16.5. The highest BCUT2D eigenvalue weighted by Gasteiger charge is 2.35. The predicted octanol–water partition coefficient (Wildman–Crippen LogP) is 5.15. The number of thioether (sulfide) groups is 1. The van der Waals surface area contributed by atoms with E-state index in [1.165, 1.54) is 12.1 Å². The van der Waals surface area contributed by atoms with Crippen molar-refractivity contribution in [2.75, 3.05) is 13.2 Å². The molecular weight excluding hydrogens is 454 g/mol. The lowest BCUT2D eigenvalue weighted by Gasteiger charge is -2.13. The minimum atomic E-state index is -0.465. The molecule has 1 fully saturated rings. The third kappa shape index (κ3) is 4.68. The van der Waals surface area contributed by atoms with E-state index in [9.17, 15) is 19.7 Å². The normalized spacial score (nSPS) is 14.9. The number of aromatic nitrogens is 1. The molecule has 0 spiro atoms. The van der Waals surface area contributed by atoms with Crippen molar-refractivity contribution in [2.24, 2.45) is 0 Å². The first kappa shape index (κ1) is 21.7. The second-order valence-corrected chi connectivity index (χ2v) is 8.14. The van der Waals surface area contributed by atoms with Gasteiger partial charge in [-0.3, -0.25) is 24.6 Å². The van der Waals surface area contributed by atoms with Gasteiger partial charge in [0.2, 0.25) is 0 Å². The molecule has 162 valence electrons. The monoisotopic (exact) mass is 469 g/mol. The van der Waals surface area contributed by atoms with Gasteiger partial charge in [-0.25, -0.2) is 0 Å². The van der Waals surface area contributed by atoms with Crippen molar-refractivity contribution in [3.8, 4) is 11.4 Å². The number of carbonyl (C=O) groups is 2. The van der Waals surface area contributed by atoms with Gasteiger partial charge in [0.25, 0.3) is 16.8 Å². The van der Waals surface area contributed by atoms with Crippen LogP contribution in [0.5, 0.6) is 5.75 Å². The Balaban J connectivity index is 1.45. The van der Waals surface area contributed by atoms with Crippen LogP contribution in [0.4, 0.5) is 10.5 Å². The number of ether oxygens (including phenoxy) is 1. The van der Waals surface area contributed by atoms with Crippen molar-refractivity contribution in [1.82, 2.24) is 9.47 Å². The average molecular weight is 470 g/mol. The fourth-order valence-corrected chi connectivity index (χ4v) is 4.07. The molecular formula is C22H16ClN3O5S. The van der Waals surface area contributed by atoms with E-state index in [0.29, 0.717) is 27.1 Å². The van der Waals surface area contributed by atoms with Crippen LogP contribution in [0.2, 0.25) is 5.02 Å². The van der Waals surface area contributed by atoms with E-state index >= 15 is 0 Å². The Morgan fingerprint density at radius 1 is 1.06 bits per heavy atom. The minimum absolute atomic E-state index is 0.00982. The number of nitrogens with zero attached hydrogens (tertiary/aromatic N) is 3. The average Bonchev–Trinajstić information content (AvgIpc) is 3.35. The van der Waals surface area contributed by atoms with Gasteiger partial charge in [-0.1, -0.05) is 11.6 Å². The van der Waals surface area contributed by atoms with E-state index in [2.05, 4.69) is 0 Å². The molecule has 4 rings (SSSR count). The Morgan fingerprint density at radius 3 is 2.47 bits per heavy atom. The number of imide groups is 1. The van der Waals surface area contributed by atoms with E-state index < -0.39 is 10.8 Å². The predicted molar refractivity (Wildman–Crippen MR) is 122 cm³/mol. The summed E-state index contributed by atoms with van der Waals surface area (Å²) in [7, 11) is 0. The molecule has 0 N–H and O–H groups in total. The molecule has 3 aromatic rings. The van der Waals surface area contributed by atoms with Crippen molar-refractivity contribution in [2.45, 2.75) is 0 Å². The van der Waals surface area contributed by atoms with Crippen LogP contribution in [0.1, 0.15) is 5.69 Å². The molecule has 2 aromatic carbocycles. The van der Waals surface area contributed by atoms with Gasteiger partial charge in [-0.2, -0.15) is 0 Å². The maximum Gasteiger partial charge on any atom is 0.293 e. The van der Waals surface area contributed by atoms with Gasteiger partial charge < -0.3 is 9.30 Å². The van der Waals surface area contributed by atoms with Crippen LogP contribution in [0.3, 0.4) is 0 Å². The van der Waals surface area contributed by atoms with Gasteiger partial charge in [0, 0.05) is 34.7 Å². The summed E-state index contributed by atoms with van der Waals surface area (Å²) in [4.78, 5) is 36.9. The molecule has 0 bridgehead atoms. The van der Waals surface area contributed by atoms with E-state index in [4.69, 9.17) is 16.3 Å². The fourth-order valence-electron chi connectivity index (χ4n) is 3.09. The number of rotatable bonds is 7. The van der Waals surface area contributed by atoms with E-state index in [1.54, 1.807) is 65.4 Å². The van der Waals surface area contributed by atoms with Crippen LogP contribution < -0.4 is 4.74 Å². The summed E-state index contributed by atoms with van der Waals surface area (Å²) < 4.78 is 7.36. The molecule has 0 atom stereocenters. The van der Waals surface area contributed by atoms with Gasteiger partial charge >= 0.3 is 0 Å². The summed E-state index contributed by atoms with van der Waals surface area (Å²) in [6.45, 7) is 0.278. The van der Waals surface area contributed by atoms with Gasteiger partial charge in [0.1, 0.15) is 12.4 Å². The molecule has 8 nitrogen and oxygen atoms in total. The van der Waals surface area contributed by atoms with Crippen molar-refractivity contribution in [1.29, 1.82) is 0 Å². The summed E-state index contributed by atoms with van der Waals surface area (Å²) in [6.07, 6.45) is 3.41. The lowest BCUT2D eigenvalue weighted by atomic mass is 10.2. The number of amides is 2. The van der Waals surface area contributed by atoms with Crippen molar-refractivity contribution in [3.05, 3.63) is 92.6 Å². The summed E-state index contributed by atoms with van der Waals surface area (Å²) in [5.41, 5.74) is 1.36.